The van der Waals surface area contributed by atoms with E-state index < -0.39 is 0 Å². The van der Waals surface area contributed by atoms with Gasteiger partial charge in [0.2, 0.25) is 0 Å². The zero-order valence-corrected chi connectivity index (χ0v) is 7.49. The van der Waals surface area contributed by atoms with Crippen LogP contribution in [0.4, 0.5) is 0 Å². The van der Waals surface area contributed by atoms with Gasteiger partial charge < -0.3 is 10.1 Å². The van der Waals surface area contributed by atoms with Gasteiger partial charge in [-0.15, -0.1) is 5.10 Å². The van der Waals surface area contributed by atoms with Crippen LogP contribution in [-0.2, 0) is 0 Å². The predicted molar refractivity (Wildman–Crippen MR) is 47.5 cm³/mol. The zero-order chi connectivity index (χ0) is 8.93. The van der Waals surface area contributed by atoms with Crippen molar-refractivity contribution in [2.45, 2.75) is 25.3 Å². The zero-order valence-electron chi connectivity index (χ0n) is 7.49. The summed E-state index contributed by atoms with van der Waals surface area (Å²) in [7, 11) is 0. The van der Waals surface area contributed by atoms with Gasteiger partial charge >= 0.3 is 0 Å². The highest BCUT2D eigenvalue weighted by Crippen LogP contribution is 2.08. The quantitative estimate of drug-likeness (QED) is 0.707. The molecule has 0 aromatic carbocycles. The molecule has 1 saturated heterocycles. The molecule has 1 unspecified atom stereocenters. The van der Waals surface area contributed by atoms with Gasteiger partial charge in [-0.3, -0.25) is 0 Å². The Morgan fingerprint density at radius 1 is 1.54 bits per heavy atom. The average Bonchev–Trinajstić information content (AvgIpc) is 2.69. The lowest BCUT2D eigenvalue weighted by Crippen LogP contribution is -2.38. The summed E-state index contributed by atoms with van der Waals surface area (Å²) in [6.07, 6.45) is 5.35. The van der Waals surface area contributed by atoms with Crippen molar-refractivity contribution in [1.29, 1.82) is 0 Å². The van der Waals surface area contributed by atoms with Crippen LogP contribution in [0.15, 0.2) is 6.20 Å². The smallest absolute Gasteiger partial charge is 0.253 e. The van der Waals surface area contributed by atoms with Crippen LogP contribution in [0.2, 0.25) is 0 Å². The van der Waals surface area contributed by atoms with Gasteiger partial charge in [-0.05, 0) is 19.4 Å². The molecule has 1 fully saturated rings. The Hall–Kier alpha value is -1.10. The maximum absolute atomic E-state index is 5.42. The van der Waals surface area contributed by atoms with E-state index in [1.807, 2.05) is 0 Å². The fourth-order valence-electron chi connectivity index (χ4n) is 1.51. The lowest BCUT2D eigenvalue weighted by Gasteiger charge is -2.22. The second-order valence-corrected chi connectivity index (χ2v) is 3.27. The maximum Gasteiger partial charge on any atom is 0.253 e. The summed E-state index contributed by atoms with van der Waals surface area (Å²) in [6.45, 7) is 1.79. The van der Waals surface area contributed by atoms with E-state index in [0.717, 1.165) is 6.54 Å². The Kier molecular flexibility index (Phi) is 2.76. The summed E-state index contributed by atoms with van der Waals surface area (Å²) in [4.78, 5) is 0. The molecule has 1 aromatic rings. The van der Waals surface area contributed by atoms with E-state index in [1.54, 1.807) is 6.20 Å². The monoisotopic (exact) mass is 182 g/mol. The van der Waals surface area contributed by atoms with Crippen LogP contribution in [0, 0.1) is 0 Å². The first-order valence-corrected chi connectivity index (χ1v) is 4.67. The van der Waals surface area contributed by atoms with Crippen molar-refractivity contribution in [3.63, 3.8) is 0 Å². The van der Waals surface area contributed by atoms with E-state index in [9.17, 15) is 0 Å². The minimum atomic E-state index is 0.477. The van der Waals surface area contributed by atoms with Crippen LogP contribution in [0.25, 0.3) is 0 Å². The molecule has 0 spiro atoms. The number of hydrogen-bond donors (Lipinski definition) is 2. The number of ether oxygens (including phenoxy) is 1. The molecule has 0 amide bonds. The first-order valence-electron chi connectivity index (χ1n) is 4.67. The molecule has 13 heavy (non-hydrogen) atoms. The maximum atomic E-state index is 5.42. The van der Waals surface area contributed by atoms with Crippen LogP contribution < -0.4 is 10.1 Å². The van der Waals surface area contributed by atoms with Crippen molar-refractivity contribution in [2.24, 2.45) is 0 Å². The Balaban J connectivity index is 1.72. The highest BCUT2D eigenvalue weighted by Gasteiger charge is 2.13. The van der Waals surface area contributed by atoms with Gasteiger partial charge in [-0.25, -0.2) is 0 Å². The molecule has 0 radical (unpaired) electrons. The van der Waals surface area contributed by atoms with Gasteiger partial charge in [0.15, 0.2) is 0 Å². The van der Waals surface area contributed by atoms with Crippen molar-refractivity contribution >= 4 is 0 Å². The number of rotatable bonds is 3. The first-order chi connectivity index (χ1) is 6.45. The van der Waals surface area contributed by atoms with Crippen LogP contribution in [0.5, 0.6) is 5.88 Å². The van der Waals surface area contributed by atoms with E-state index in [4.69, 9.17) is 4.74 Å². The Labute approximate surface area is 76.9 Å². The molecule has 72 valence electrons. The number of piperidine rings is 1. The van der Waals surface area contributed by atoms with Crippen LogP contribution >= 0.6 is 0 Å². The predicted octanol–water partition coefficient (Wildman–Crippen LogP) is 0.326. The highest BCUT2D eigenvalue weighted by atomic mass is 16.5. The lowest BCUT2D eigenvalue weighted by molar-refractivity contribution is 0.232. The number of hydrogen-bond acceptors (Lipinski definition) is 4. The van der Waals surface area contributed by atoms with Gasteiger partial charge in [-0.2, -0.15) is 10.3 Å². The SMILES string of the molecule is c1n[nH]nc1OCC1CCCCN1. The highest BCUT2D eigenvalue weighted by molar-refractivity contribution is 4.97. The lowest BCUT2D eigenvalue weighted by atomic mass is 10.1. The number of nitrogens with zero attached hydrogens (tertiary/aromatic N) is 2. The third-order valence-corrected chi connectivity index (χ3v) is 2.24. The number of aromatic amines is 1. The second-order valence-electron chi connectivity index (χ2n) is 3.27. The fourth-order valence-corrected chi connectivity index (χ4v) is 1.51. The summed E-state index contributed by atoms with van der Waals surface area (Å²) in [6, 6.07) is 0.477. The van der Waals surface area contributed by atoms with Crippen molar-refractivity contribution in [3.05, 3.63) is 6.20 Å². The normalized spacial score (nSPS) is 22.9. The van der Waals surface area contributed by atoms with Gasteiger partial charge in [-0.1, -0.05) is 6.42 Å². The molecule has 0 bridgehead atoms. The molecular weight excluding hydrogens is 168 g/mol. The Morgan fingerprint density at radius 3 is 3.23 bits per heavy atom. The molecule has 1 atom stereocenters. The largest absolute Gasteiger partial charge is 0.474 e. The molecule has 0 saturated carbocycles. The summed E-state index contributed by atoms with van der Waals surface area (Å²) in [5, 5.41) is 13.4. The molecule has 1 aliphatic heterocycles. The van der Waals surface area contributed by atoms with E-state index in [0.29, 0.717) is 18.5 Å². The summed E-state index contributed by atoms with van der Waals surface area (Å²) in [5.41, 5.74) is 0. The standard InChI is InChI=1S/C8H14N4O/c1-2-4-9-7(3-1)6-13-8-5-10-12-11-8/h5,7,9H,1-4,6H2,(H,10,11,12). The van der Waals surface area contributed by atoms with Crippen molar-refractivity contribution in [1.82, 2.24) is 20.7 Å². The molecule has 0 aliphatic carbocycles. The van der Waals surface area contributed by atoms with E-state index in [-0.39, 0.29) is 0 Å². The molecule has 1 aromatic heterocycles. The third kappa shape index (κ3) is 2.42. The van der Waals surface area contributed by atoms with Crippen molar-refractivity contribution in [2.75, 3.05) is 13.2 Å². The third-order valence-electron chi connectivity index (χ3n) is 2.24. The first kappa shape index (κ1) is 8.50. The van der Waals surface area contributed by atoms with Crippen molar-refractivity contribution in [3.8, 4) is 5.88 Å². The molecule has 1 aliphatic rings. The summed E-state index contributed by atoms with van der Waals surface area (Å²) in [5.74, 6) is 0.576. The number of H-pyrrole nitrogens is 1. The summed E-state index contributed by atoms with van der Waals surface area (Å²) >= 11 is 0. The molecule has 5 nitrogen and oxygen atoms in total. The van der Waals surface area contributed by atoms with E-state index in [2.05, 4.69) is 20.7 Å². The molecule has 5 heteroatoms. The summed E-state index contributed by atoms with van der Waals surface area (Å²) < 4.78 is 5.42. The second kappa shape index (κ2) is 4.23. The Bertz CT molecular complexity index is 230. The number of nitrogens with one attached hydrogen (secondary N) is 2. The number of aromatic nitrogens is 3. The van der Waals surface area contributed by atoms with Crippen LogP contribution in [0.1, 0.15) is 19.3 Å². The molecular formula is C8H14N4O. The minimum Gasteiger partial charge on any atom is -0.474 e. The minimum absolute atomic E-state index is 0.477. The van der Waals surface area contributed by atoms with Gasteiger partial charge in [0.25, 0.3) is 5.88 Å². The molecule has 2 rings (SSSR count). The van der Waals surface area contributed by atoms with Crippen LogP contribution in [-0.4, -0.2) is 34.6 Å². The van der Waals surface area contributed by atoms with Gasteiger partial charge in [0, 0.05) is 6.04 Å². The van der Waals surface area contributed by atoms with E-state index in [1.165, 1.54) is 19.3 Å². The fraction of sp³-hybridized carbons (Fsp3) is 0.750. The van der Waals surface area contributed by atoms with E-state index >= 15 is 0 Å². The molecule has 2 heterocycles. The average molecular weight is 182 g/mol. The topological polar surface area (TPSA) is 62.8 Å². The Morgan fingerprint density at radius 2 is 2.54 bits per heavy atom. The van der Waals surface area contributed by atoms with Crippen LogP contribution in [0.3, 0.4) is 0 Å². The van der Waals surface area contributed by atoms with Gasteiger partial charge in [0.05, 0.1) is 0 Å². The van der Waals surface area contributed by atoms with Crippen molar-refractivity contribution < 1.29 is 4.74 Å². The molecule has 2 N–H and O–H groups in total. The van der Waals surface area contributed by atoms with Gasteiger partial charge in [0.1, 0.15) is 12.8 Å².